The SMILES string of the molecule is CN(Cc1ccoc1)c1ccc2c(c1)N(C)C(=O)C2N. The topological polar surface area (TPSA) is 62.7 Å². The molecule has 0 spiro atoms. The van der Waals surface area contributed by atoms with Crippen molar-refractivity contribution in [1.29, 1.82) is 0 Å². The summed E-state index contributed by atoms with van der Waals surface area (Å²) in [4.78, 5) is 15.6. The van der Waals surface area contributed by atoms with Crippen LogP contribution in [0.5, 0.6) is 0 Å². The smallest absolute Gasteiger partial charge is 0.248 e. The normalized spacial score (nSPS) is 17.4. The molecule has 0 saturated heterocycles. The van der Waals surface area contributed by atoms with E-state index in [1.807, 2.05) is 31.3 Å². The first-order valence-corrected chi connectivity index (χ1v) is 6.47. The van der Waals surface area contributed by atoms with E-state index in [0.29, 0.717) is 0 Å². The van der Waals surface area contributed by atoms with Gasteiger partial charge in [0.05, 0.1) is 18.2 Å². The average Bonchev–Trinajstić information content (AvgIpc) is 3.03. The molecule has 5 heteroatoms. The van der Waals surface area contributed by atoms with Crippen molar-refractivity contribution in [3.05, 3.63) is 47.9 Å². The second-order valence-electron chi connectivity index (χ2n) is 5.11. The summed E-state index contributed by atoms with van der Waals surface area (Å²) in [6.07, 6.45) is 3.40. The number of rotatable bonds is 3. The van der Waals surface area contributed by atoms with Gasteiger partial charge in [-0.3, -0.25) is 4.79 Å². The molecule has 1 aliphatic rings. The quantitative estimate of drug-likeness (QED) is 0.926. The first-order valence-electron chi connectivity index (χ1n) is 6.47. The van der Waals surface area contributed by atoms with Crippen molar-refractivity contribution in [1.82, 2.24) is 0 Å². The Balaban J connectivity index is 1.88. The Bertz CT molecular complexity index is 637. The van der Waals surface area contributed by atoms with Crippen LogP contribution in [0.2, 0.25) is 0 Å². The monoisotopic (exact) mass is 271 g/mol. The van der Waals surface area contributed by atoms with Crippen LogP contribution in [-0.2, 0) is 11.3 Å². The third kappa shape index (κ3) is 1.96. The molecular weight excluding hydrogens is 254 g/mol. The van der Waals surface area contributed by atoms with Crippen LogP contribution in [0.4, 0.5) is 11.4 Å². The van der Waals surface area contributed by atoms with Gasteiger partial charge in [0, 0.05) is 37.5 Å². The van der Waals surface area contributed by atoms with Crippen LogP contribution in [0.15, 0.2) is 41.2 Å². The Labute approximate surface area is 117 Å². The van der Waals surface area contributed by atoms with E-state index in [-0.39, 0.29) is 5.91 Å². The van der Waals surface area contributed by atoms with Gasteiger partial charge in [0.2, 0.25) is 5.91 Å². The number of amides is 1. The van der Waals surface area contributed by atoms with E-state index in [4.69, 9.17) is 10.2 Å². The minimum Gasteiger partial charge on any atom is -0.472 e. The molecule has 5 nitrogen and oxygen atoms in total. The molecule has 2 aromatic rings. The Hall–Kier alpha value is -2.27. The van der Waals surface area contributed by atoms with Gasteiger partial charge in [-0.2, -0.15) is 0 Å². The number of benzene rings is 1. The van der Waals surface area contributed by atoms with Crippen molar-refractivity contribution < 1.29 is 9.21 Å². The van der Waals surface area contributed by atoms with E-state index < -0.39 is 6.04 Å². The Morgan fingerprint density at radius 1 is 1.40 bits per heavy atom. The maximum Gasteiger partial charge on any atom is 0.248 e. The number of furan rings is 1. The van der Waals surface area contributed by atoms with Crippen LogP contribution >= 0.6 is 0 Å². The summed E-state index contributed by atoms with van der Waals surface area (Å²) in [6, 6.07) is 7.33. The molecule has 1 aromatic heterocycles. The summed E-state index contributed by atoms with van der Waals surface area (Å²) < 4.78 is 5.07. The second-order valence-corrected chi connectivity index (χ2v) is 5.11. The lowest BCUT2D eigenvalue weighted by Crippen LogP contribution is -2.27. The summed E-state index contributed by atoms with van der Waals surface area (Å²) in [7, 11) is 3.76. The summed E-state index contributed by atoms with van der Waals surface area (Å²) in [5.41, 5.74) is 9.82. The van der Waals surface area contributed by atoms with E-state index in [9.17, 15) is 4.79 Å². The lowest BCUT2D eigenvalue weighted by Gasteiger charge is -2.20. The molecule has 3 rings (SSSR count). The molecule has 2 heterocycles. The van der Waals surface area contributed by atoms with Crippen molar-refractivity contribution in [3.63, 3.8) is 0 Å². The van der Waals surface area contributed by atoms with Gasteiger partial charge in [0.15, 0.2) is 0 Å². The molecule has 0 aliphatic carbocycles. The molecule has 1 unspecified atom stereocenters. The highest BCUT2D eigenvalue weighted by atomic mass is 16.3. The minimum absolute atomic E-state index is 0.0605. The van der Waals surface area contributed by atoms with Gasteiger partial charge in [-0.1, -0.05) is 6.07 Å². The number of fused-ring (bicyclic) bond motifs is 1. The molecular formula is C15H17N3O2. The molecule has 104 valence electrons. The predicted octanol–water partition coefficient (Wildman–Crippen LogP) is 1.89. The van der Waals surface area contributed by atoms with Crippen molar-refractivity contribution in [2.24, 2.45) is 5.73 Å². The van der Waals surface area contributed by atoms with Gasteiger partial charge in [0.1, 0.15) is 6.04 Å². The first kappa shape index (κ1) is 12.7. The minimum atomic E-state index is -0.539. The zero-order chi connectivity index (χ0) is 14.3. The van der Waals surface area contributed by atoms with Gasteiger partial charge in [-0.15, -0.1) is 0 Å². The van der Waals surface area contributed by atoms with Crippen LogP contribution in [-0.4, -0.2) is 20.0 Å². The molecule has 1 amide bonds. The Morgan fingerprint density at radius 2 is 2.20 bits per heavy atom. The molecule has 20 heavy (non-hydrogen) atoms. The third-order valence-corrected chi connectivity index (χ3v) is 3.75. The van der Waals surface area contributed by atoms with E-state index in [1.54, 1.807) is 24.5 Å². The number of likely N-dealkylation sites (N-methyl/N-ethyl adjacent to an activating group) is 1. The van der Waals surface area contributed by atoms with Crippen LogP contribution in [0.3, 0.4) is 0 Å². The fourth-order valence-corrected chi connectivity index (χ4v) is 2.53. The number of nitrogens with zero attached hydrogens (tertiary/aromatic N) is 2. The van der Waals surface area contributed by atoms with Crippen molar-refractivity contribution in [2.75, 3.05) is 23.9 Å². The van der Waals surface area contributed by atoms with Crippen molar-refractivity contribution in [2.45, 2.75) is 12.6 Å². The maximum absolute atomic E-state index is 11.9. The molecule has 2 N–H and O–H groups in total. The van der Waals surface area contributed by atoms with Gasteiger partial charge in [-0.25, -0.2) is 0 Å². The number of hydrogen-bond donors (Lipinski definition) is 1. The van der Waals surface area contributed by atoms with Crippen LogP contribution in [0, 0.1) is 0 Å². The van der Waals surface area contributed by atoms with Gasteiger partial charge >= 0.3 is 0 Å². The van der Waals surface area contributed by atoms with Gasteiger partial charge in [0.25, 0.3) is 0 Å². The highest BCUT2D eigenvalue weighted by molar-refractivity contribution is 6.04. The standard InChI is InChI=1S/C15H17N3O2/c1-17(8-10-5-6-20-9-10)11-3-4-12-13(7-11)18(2)15(19)14(12)16/h3-7,9,14H,8,16H2,1-2H3. The first-order chi connectivity index (χ1) is 9.58. The van der Waals surface area contributed by atoms with E-state index in [1.165, 1.54) is 0 Å². The lowest BCUT2D eigenvalue weighted by molar-refractivity contribution is -0.118. The van der Waals surface area contributed by atoms with E-state index >= 15 is 0 Å². The Kier molecular flexibility index (Phi) is 2.99. The zero-order valence-corrected chi connectivity index (χ0v) is 11.5. The summed E-state index contributed by atoms with van der Waals surface area (Å²) in [5, 5.41) is 0. The molecule has 1 atom stereocenters. The van der Waals surface area contributed by atoms with E-state index in [0.717, 1.165) is 29.0 Å². The third-order valence-electron chi connectivity index (χ3n) is 3.75. The number of hydrogen-bond acceptors (Lipinski definition) is 4. The average molecular weight is 271 g/mol. The summed E-state index contributed by atoms with van der Waals surface area (Å²) in [5.74, 6) is -0.0605. The summed E-state index contributed by atoms with van der Waals surface area (Å²) in [6.45, 7) is 0.749. The van der Waals surface area contributed by atoms with Crippen LogP contribution in [0.1, 0.15) is 17.2 Å². The number of carbonyl (C=O) groups excluding carboxylic acids is 1. The number of anilines is 2. The Morgan fingerprint density at radius 3 is 2.90 bits per heavy atom. The molecule has 0 fully saturated rings. The largest absolute Gasteiger partial charge is 0.472 e. The van der Waals surface area contributed by atoms with Crippen molar-refractivity contribution in [3.8, 4) is 0 Å². The number of nitrogens with two attached hydrogens (primary N) is 1. The fourth-order valence-electron chi connectivity index (χ4n) is 2.53. The predicted molar refractivity (Wildman–Crippen MR) is 77.6 cm³/mol. The second kappa shape index (κ2) is 4.68. The van der Waals surface area contributed by atoms with E-state index in [2.05, 4.69) is 4.90 Å². The zero-order valence-electron chi connectivity index (χ0n) is 11.5. The maximum atomic E-state index is 11.9. The highest BCUT2D eigenvalue weighted by Crippen LogP contribution is 2.36. The molecule has 0 saturated carbocycles. The molecule has 0 bridgehead atoms. The summed E-state index contributed by atoms with van der Waals surface area (Å²) >= 11 is 0. The van der Waals surface area contributed by atoms with Gasteiger partial charge in [-0.05, 0) is 18.2 Å². The number of carbonyl (C=O) groups is 1. The highest BCUT2D eigenvalue weighted by Gasteiger charge is 2.32. The molecule has 1 aromatic carbocycles. The van der Waals surface area contributed by atoms with Crippen LogP contribution < -0.4 is 15.5 Å². The molecule has 0 radical (unpaired) electrons. The lowest BCUT2D eigenvalue weighted by atomic mass is 10.1. The van der Waals surface area contributed by atoms with Crippen LogP contribution in [0.25, 0.3) is 0 Å². The fraction of sp³-hybridized carbons (Fsp3) is 0.267. The van der Waals surface area contributed by atoms with Gasteiger partial charge < -0.3 is 20.0 Å². The molecule has 1 aliphatic heterocycles. The van der Waals surface area contributed by atoms with Crippen molar-refractivity contribution >= 4 is 17.3 Å².